The van der Waals surface area contributed by atoms with E-state index in [0.29, 0.717) is 5.54 Å². The minimum Gasteiger partial charge on any atom is -0.311 e. The summed E-state index contributed by atoms with van der Waals surface area (Å²) in [7, 11) is 0. The van der Waals surface area contributed by atoms with Gasteiger partial charge in [0.15, 0.2) is 0 Å². The Kier molecular flexibility index (Phi) is 2.99. The molecule has 3 rings (SSSR count). The Morgan fingerprint density at radius 3 is 2.65 bits per heavy atom. The summed E-state index contributed by atoms with van der Waals surface area (Å²) in [5, 5.41) is 3.71. The third-order valence-corrected chi connectivity index (χ3v) is 5.61. The Bertz CT molecular complexity index is 287. The molecule has 2 saturated carbocycles. The molecule has 98 valence electrons. The Hall–Kier alpha value is -0.0800. The summed E-state index contributed by atoms with van der Waals surface area (Å²) in [6.45, 7) is 9.61. The lowest BCUT2D eigenvalue weighted by Crippen LogP contribution is -2.65. The third-order valence-electron chi connectivity index (χ3n) is 5.61. The molecule has 1 N–H and O–H groups in total. The van der Waals surface area contributed by atoms with E-state index in [1.807, 2.05) is 0 Å². The lowest BCUT2D eigenvalue weighted by atomic mass is 9.87. The van der Waals surface area contributed by atoms with E-state index >= 15 is 0 Å². The smallest absolute Gasteiger partial charge is 0.0281 e. The summed E-state index contributed by atoms with van der Waals surface area (Å²) < 4.78 is 0. The van der Waals surface area contributed by atoms with Crippen LogP contribution >= 0.6 is 0 Å². The average Bonchev–Trinajstić information content (AvgIpc) is 2.90. The van der Waals surface area contributed by atoms with E-state index in [2.05, 4.69) is 31.0 Å². The van der Waals surface area contributed by atoms with Gasteiger partial charge < -0.3 is 5.32 Å². The predicted molar refractivity (Wildman–Crippen MR) is 72.1 cm³/mol. The van der Waals surface area contributed by atoms with Crippen LogP contribution < -0.4 is 5.32 Å². The lowest BCUT2D eigenvalue weighted by molar-refractivity contribution is 0.00284. The molecular weight excluding hydrogens is 208 g/mol. The topological polar surface area (TPSA) is 15.3 Å². The molecular formula is C15H28N2. The highest BCUT2D eigenvalue weighted by Crippen LogP contribution is 2.48. The molecule has 0 amide bonds. The van der Waals surface area contributed by atoms with Crippen molar-refractivity contribution in [2.45, 2.75) is 70.5 Å². The second-order valence-corrected chi connectivity index (χ2v) is 7.19. The number of piperazine rings is 1. The first kappa shape index (κ1) is 12.0. The first-order valence-corrected chi connectivity index (χ1v) is 7.60. The van der Waals surface area contributed by atoms with Crippen LogP contribution in [0.1, 0.15) is 52.9 Å². The van der Waals surface area contributed by atoms with Gasteiger partial charge in [0.05, 0.1) is 0 Å². The maximum Gasteiger partial charge on any atom is 0.0281 e. The molecule has 3 fully saturated rings. The van der Waals surface area contributed by atoms with Gasteiger partial charge >= 0.3 is 0 Å². The number of hydrogen-bond acceptors (Lipinski definition) is 2. The Labute approximate surface area is 106 Å². The zero-order valence-corrected chi connectivity index (χ0v) is 11.7. The second-order valence-electron chi connectivity index (χ2n) is 7.19. The van der Waals surface area contributed by atoms with Gasteiger partial charge in [-0.05, 0) is 51.4 Å². The molecule has 4 unspecified atom stereocenters. The van der Waals surface area contributed by atoms with Gasteiger partial charge in [0.2, 0.25) is 0 Å². The van der Waals surface area contributed by atoms with Crippen LogP contribution in [0.4, 0.5) is 0 Å². The van der Waals surface area contributed by atoms with Crippen molar-refractivity contribution in [1.29, 1.82) is 0 Å². The molecule has 1 aliphatic heterocycles. The molecule has 2 aliphatic carbocycles. The summed E-state index contributed by atoms with van der Waals surface area (Å²) >= 11 is 0. The van der Waals surface area contributed by atoms with Crippen LogP contribution in [-0.2, 0) is 0 Å². The van der Waals surface area contributed by atoms with E-state index in [4.69, 9.17) is 0 Å². The Balaban J connectivity index is 1.74. The van der Waals surface area contributed by atoms with Crippen molar-refractivity contribution in [3.63, 3.8) is 0 Å². The molecule has 17 heavy (non-hydrogen) atoms. The van der Waals surface area contributed by atoms with Crippen molar-refractivity contribution in [3.8, 4) is 0 Å². The first-order valence-electron chi connectivity index (χ1n) is 7.60. The van der Waals surface area contributed by atoms with Crippen molar-refractivity contribution in [2.24, 2.45) is 11.8 Å². The maximum atomic E-state index is 3.71. The number of rotatable bonds is 2. The van der Waals surface area contributed by atoms with E-state index < -0.39 is 0 Å². The van der Waals surface area contributed by atoms with E-state index in [9.17, 15) is 0 Å². The van der Waals surface area contributed by atoms with Gasteiger partial charge in [0.1, 0.15) is 0 Å². The summed E-state index contributed by atoms with van der Waals surface area (Å²) in [6.07, 6.45) is 7.32. The van der Waals surface area contributed by atoms with Gasteiger partial charge in [-0.25, -0.2) is 0 Å². The fourth-order valence-electron chi connectivity index (χ4n) is 4.50. The van der Waals surface area contributed by atoms with E-state index in [0.717, 1.165) is 23.9 Å². The van der Waals surface area contributed by atoms with Gasteiger partial charge in [-0.1, -0.05) is 13.3 Å². The van der Waals surface area contributed by atoms with Gasteiger partial charge in [-0.2, -0.15) is 0 Å². The fraction of sp³-hybridized carbons (Fsp3) is 1.00. The molecule has 2 heteroatoms. The van der Waals surface area contributed by atoms with Crippen molar-refractivity contribution in [2.75, 3.05) is 13.1 Å². The van der Waals surface area contributed by atoms with E-state index in [1.54, 1.807) is 0 Å². The molecule has 0 radical (unpaired) electrons. The molecule has 0 spiro atoms. The van der Waals surface area contributed by atoms with Gasteiger partial charge in [0, 0.05) is 30.7 Å². The maximum absolute atomic E-state index is 3.71. The van der Waals surface area contributed by atoms with Crippen LogP contribution in [0.5, 0.6) is 0 Å². The molecule has 1 saturated heterocycles. The van der Waals surface area contributed by atoms with Crippen molar-refractivity contribution >= 4 is 0 Å². The first-order chi connectivity index (χ1) is 8.10. The van der Waals surface area contributed by atoms with Crippen molar-refractivity contribution in [3.05, 3.63) is 0 Å². The standard InChI is InChI=1S/C15H28N2/c1-4-13-9-17(15(2,3)10-16-13)14-8-11-5-6-12(14)7-11/h11-14,16H,4-10H2,1-3H3. The summed E-state index contributed by atoms with van der Waals surface area (Å²) in [5.74, 6) is 2.09. The van der Waals surface area contributed by atoms with Crippen LogP contribution in [-0.4, -0.2) is 35.6 Å². The van der Waals surface area contributed by atoms with Crippen LogP contribution in [0.25, 0.3) is 0 Å². The molecule has 3 aliphatic rings. The molecule has 2 nitrogen and oxygen atoms in total. The molecule has 0 aromatic rings. The fourth-order valence-corrected chi connectivity index (χ4v) is 4.50. The summed E-state index contributed by atoms with van der Waals surface area (Å²) in [6, 6.07) is 1.63. The molecule has 0 aromatic heterocycles. The summed E-state index contributed by atoms with van der Waals surface area (Å²) in [4.78, 5) is 2.86. The highest BCUT2D eigenvalue weighted by molar-refractivity contribution is 5.02. The van der Waals surface area contributed by atoms with E-state index in [-0.39, 0.29) is 0 Å². The van der Waals surface area contributed by atoms with Crippen molar-refractivity contribution in [1.82, 2.24) is 10.2 Å². The number of nitrogens with one attached hydrogen (secondary N) is 1. The van der Waals surface area contributed by atoms with Crippen LogP contribution in [0, 0.1) is 11.8 Å². The van der Waals surface area contributed by atoms with Crippen molar-refractivity contribution < 1.29 is 0 Å². The zero-order chi connectivity index (χ0) is 12.0. The van der Waals surface area contributed by atoms with Crippen LogP contribution in [0.2, 0.25) is 0 Å². The van der Waals surface area contributed by atoms with Crippen LogP contribution in [0.3, 0.4) is 0 Å². The zero-order valence-electron chi connectivity index (χ0n) is 11.7. The number of hydrogen-bond donors (Lipinski definition) is 1. The largest absolute Gasteiger partial charge is 0.311 e. The molecule has 1 heterocycles. The van der Waals surface area contributed by atoms with Gasteiger partial charge in [-0.15, -0.1) is 0 Å². The molecule has 0 aromatic carbocycles. The minimum atomic E-state index is 0.362. The lowest BCUT2D eigenvalue weighted by Gasteiger charge is -2.51. The van der Waals surface area contributed by atoms with Gasteiger partial charge in [0.25, 0.3) is 0 Å². The predicted octanol–water partition coefficient (Wildman–Crippen LogP) is 2.64. The third kappa shape index (κ3) is 2.04. The highest BCUT2D eigenvalue weighted by atomic mass is 15.3. The number of nitrogens with zero attached hydrogens (tertiary/aromatic N) is 1. The summed E-state index contributed by atoms with van der Waals surface area (Å²) in [5.41, 5.74) is 0.362. The quantitative estimate of drug-likeness (QED) is 0.793. The SMILES string of the molecule is CCC1CN(C2CC3CCC2C3)C(C)(C)CN1. The minimum absolute atomic E-state index is 0.362. The molecule has 2 bridgehead atoms. The second kappa shape index (κ2) is 4.24. The monoisotopic (exact) mass is 236 g/mol. The normalized spacial score (nSPS) is 45.4. The van der Waals surface area contributed by atoms with Gasteiger partial charge in [-0.3, -0.25) is 4.90 Å². The highest BCUT2D eigenvalue weighted by Gasteiger charge is 2.47. The Morgan fingerprint density at radius 1 is 1.24 bits per heavy atom. The van der Waals surface area contributed by atoms with E-state index in [1.165, 1.54) is 45.2 Å². The Morgan fingerprint density at radius 2 is 2.06 bits per heavy atom. The number of fused-ring (bicyclic) bond motifs is 2. The van der Waals surface area contributed by atoms with Crippen LogP contribution in [0.15, 0.2) is 0 Å². The molecule has 4 atom stereocenters. The average molecular weight is 236 g/mol.